The first-order valence-electron chi connectivity index (χ1n) is 8.77. The minimum atomic E-state index is -0.647. The van der Waals surface area contributed by atoms with Crippen molar-refractivity contribution in [2.24, 2.45) is 0 Å². The van der Waals surface area contributed by atoms with Gasteiger partial charge in [0.1, 0.15) is 11.3 Å². The average molecular weight is 363 g/mol. The fraction of sp³-hybridized carbons (Fsp3) is 0.182. The maximum absolute atomic E-state index is 13.2. The number of rotatable bonds is 5. The Morgan fingerprint density at radius 1 is 1.04 bits per heavy atom. The highest BCUT2D eigenvalue weighted by molar-refractivity contribution is 5.96. The van der Waals surface area contributed by atoms with Gasteiger partial charge >= 0.3 is 5.97 Å². The fourth-order valence-electron chi connectivity index (χ4n) is 3.09. The van der Waals surface area contributed by atoms with Crippen molar-refractivity contribution in [3.05, 3.63) is 87.8 Å². The normalized spacial score (nSPS) is 10.6. The van der Waals surface area contributed by atoms with Gasteiger partial charge in [0.05, 0.1) is 18.7 Å². The van der Waals surface area contributed by atoms with Gasteiger partial charge in [-0.2, -0.15) is 0 Å². The number of aromatic nitrogens is 1. The summed E-state index contributed by atoms with van der Waals surface area (Å²) in [5.74, 6) is -0.988. The van der Waals surface area contributed by atoms with E-state index in [2.05, 4.69) is 0 Å². The van der Waals surface area contributed by atoms with Crippen molar-refractivity contribution in [1.82, 2.24) is 4.57 Å². The van der Waals surface area contributed by atoms with E-state index in [1.54, 1.807) is 38.1 Å². The summed E-state index contributed by atoms with van der Waals surface area (Å²) in [5, 5.41) is 10.8. The molecule has 0 radical (unpaired) electrons. The molecular formula is C22H21NO4. The van der Waals surface area contributed by atoms with E-state index in [0.29, 0.717) is 11.3 Å². The molecule has 5 nitrogen and oxygen atoms in total. The Labute approximate surface area is 157 Å². The summed E-state index contributed by atoms with van der Waals surface area (Å²) < 4.78 is 6.61. The van der Waals surface area contributed by atoms with Crippen LogP contribution in [0, 0.1) is 6.92 Å². The smallest absolute Gasteiger partial charge is 0.343 e. The maximum Gasteiger partial charge on any atom is 0.343 e. The molecule has 0 aliphatic heterocycles. The van der Waals surface area contributed by atoms with Crippen LogP contribution in [-0.4, -0.2) is 22.2 Å². The van der Waals surface area contributed by atoms with Crippen LogP contribution in [0.2, 0.25) is 0 Å². The van der Waals surface area contributed by atoms with Crippen molar-refractivity contribution in [3.63, 3.8) is 0 Å². The van der Waals surface area contributed by atoms with E-state index in [1.807, 2.05) is 36.4 Å². The Morgan fingerprint density at radius 2 is 1.63 bits per heavy atom. The Balaban J connectivity index is 2.28. The second kappa shape index (κ2) is 7.91. The molecule has 2 aromatic carbocycles. The lowest BCUT2D eigenvalue weighted by Gasteiger charge is -2.18. The second-order valence-electron chi connectivity index (χ2n) is 6.15. The minimum Gasteiger partial charge on any atom is -0.506 e. The maximum atomic E-state index is 13.2. The first-order valence-corrected chi connectivity index (χ1v) is 8.77. The van der Waals surface area contributed by atoms with Crippen LogP contribution in [0.4, 0.5) is 0 Å². The number of pyridine rings is 1. The number of nitrogens with zero attached hydrogens (tertiary/aromatic N) is 1. The molecule has 0 amide bonds. The first-order chi connectivity index (χ1) is 13.0. The van der Waals surface area contributed by atoms with Crippen LogP contribution in [0.25, 0.3) is 11.1 Å². The standard InChI is InChI=1S/C22H21NO4/c1-3-27-22(26)18-15(2)23(14-16-10-6-4-7-11-16)21(25)19(20(18)24)17-12-8-5-9-13-17/h4-13,24H,3,14H2,1-2H3. The largest absolute Gasteiger partial charge is 0.506 e. The number of hydrogen-bond acceptors (Lipinski definition) is 4. The summed E-state index contributed by atoms with van der Waals surface area (Å²) in [6.07, 6.45) is 0. The molecule has 27 heavy (non-hydrogen) atoms. The summed E-state index contributed by atoms with van der Waals surface area (Å²) in [5.41, 5.74) is 1.61. The lowest BCUT2D eigenvalue weighted by Crippen LogP contribution is -2.27. The number of ether oxygens (including phenoxy) is 1. The van der Waals surface area contributed by atoms with Gasteiger partial charge in [-0.3, -0.25) is 4.79 Å². The first kappa shape index (κ1) is 18.5. The highest BCUT2D eigenvalue weighted by Crippen LogP contribution is 2.31. The number of aromatic hydroxyl groups is 1. The van der Waals surface area contributed by atoms with Crippen LogP contribution in [0.3, 0.4) is 0 Å². The van der Waals surface area contributed by atoms with Crippen molar-refractivity contribution in [1.29, 1.82) is 0 Å². The van der Waals surface area contributed by atoms with Gasteiger partial charge in [-0.1, -0.05) is 60.7 Å². The van der Waals surface area contributed by atoms with E-state index in [1.165, 1.54) is 4.57 Å². The van der Waals surface area contributed by atoms with E-state index in [-0.39, 0.29) is 35.6 Å². The SMILES string of the molecule is CCOC(=O)c1c(O)c(-c2ccccc2)c(=O)n(Cc2ccccc2)c1C. The fourth-order valence-corrected chi connectivity index (χ4v) is 3.09. The van der Waals surface area contributed by atoms with E-state index in [4.69, 9.17) is 4.74 Å². The third kappa shape index (κ3) is 3.62. The van der Waals surface area contributed by atoms with Crippen LogP contribution in [0.5, 0.6) is 5.75 Å². The number of carbonyl (C=O) groups excluding carboxylic acids is 1. The zero-order chi connectivity index (χ0) is 19.4. The summed E-state index contributed by atoms with van der Waals surface area (Å²) in [6.45, 7) is 3.81. The highest BCUT2D eigenvalue weighted by atomic mass is 16.5. The molecule has 0 aliphatic rings. The van der Waals surface area contributed by atoms with Crippen molar-refractivity contribution in [2.45, 2.75) is 20.4 Å². The van der Waals surface area contributed by atoms with E-state index in [9.17, 15) is 14.7 Å². The van der Waals surface area contributed by atoms with Gasteiger partial charge in [0.25, 0.3) is 5.56 Å². The van der Waals surface area contributed by atoms with Gasteiger partial charge in [0, 0.05) is 5.69 Å². The van der Waals surface area contributed by atoms with E-state index < -0.39 is 5.97 Å². The molecule has 1 N–H and O–H groups in total. The molecule has 0 fully saturated rings. The molecule has 0 atom stereocenters. The van der Waals surface area contributed by atoms with Crippen LogP contribution in [-0.2, 0) is 11.3 Å². The highest BCUT2D eigenvalue weighted by Gasteiger charge is 2.25. The molecule has 0 saturated heterocycles. The zero-order valence-electron chi connectivity index (χ0n) is 15.3. The van der Waals surface area contributed by atoms with Gasteiger partial charge in [-0.25, -0.2) is 4.79 Å². The summed E-state index contributed by atoms with van der Waals surface area (Å²) >= 11 is 0. The van der Waals surface area contributed by atoms with Crippen LogP contribution in [0.1, 0.15) is 28.5 Å². The summed E-state index contributed by atoms with van der Waals surface area (Å²) in [6, 6.07) is 18.3. The van der Waals surface area contributed by atoms with E-state index >= 15 is 0 Å². The topological polar surface area (TPSA) is 68.5 Å². The van der Waals surface area contributed by atoms with Crippen molar-refractivity contribution in [2.75, 3.05) is 6.61 Å². The van der Waals surface area contributed by atoms with Crippen LogP contribution < -0.4 is 5.56 Å². The number of carbonyl (C=O) groups is 1. The van der Waals surface area contributed by atoms with Crippen molar-refractivity contribution < 1.29 is 14.6 Å². The van der Waals surface area contributed by atoms with Crippen molar-refractivity contribution >= 4 is 5.97 Å². The Kier molecular flexibility index (Phi) is 5.41. The number of benzene rings is 2. The van der Waals surface area contributed by atoms with Gasteiger partial charge in [0.2, 0.25) is 0 Å². The van der Waals surface area contributed by atoms with Crippen molar-refractivity contribution in [3.8, 4) is 16.9 Å². The Hall–Kier alpha value is -3.34. The van der Waals surface area contributed by atoms with Gasteiger partial charge in [-0.15, -0.1) is 0 Å². The van der Waals surface area contributed by atoms with Gasteiger partial charge in [-0.05, 0) is 25.0 Å². The number of hydrogen-bond donors (Lipinski definition) is 1. The number of esters is 1. The molecule has 0 aliphatic carbocycles. The lowest BCUT2D eigenvalue weighted by atomic mass is 10.0. The molecular weight excluding hydrogens is 342 g/mol. The molecule has 0 unspecified atom stereocenters. The van der Waals surface area contributed by atoms with E-state index in [0.717, 1.165) is 5.56 Å². The minimum absolute atomic E-state index is 0.0197. The Morgan fingerprint density at radius 3 is 2.22 bits per heavy atom. The summed E-state index contributed by atoms with van der Waals surface area (Å²) in [4.78, 5) is 25.7. The predicted molar refractivity (Wildman–Crippen MR) is 104 cm³/mol. The molecule has 138 valence electrons. The summed E-state index contributed by atoms with van der Waals surface area (Å²) in [7, 11) is 0. The molecule has 0 spiro atoms. The van der Waals surface area contributed by atoms with Gasteiger partial charge in [0.15, 0.2) is 0 Å². The molecule has 0 saturated carbocycles. The molecule has 5 heteroatoms. The molecule has 1 aromatic heterocycles. The second-order valence-corrected chi connectivity index (χ2v) is 6.15. The third-order valence-corrected chi connectivity index (χ3v) is 4.42. The third-order valence-electron chi connectivity index (χ3n) is 4.42. The molecule has 0 bridgehead atoms. The van der Waals surface area contributed by atoms with Crippen LogP contribution >= 0.6 is 0 Å². The Bertz CT molecular complexity index is 1010. The van der Waals surface area contributed by atoms with Gasteiger partial charge < -0.3 is 14.4 Å². The molecule has 1 heterocycles. The average Bonchev–Trinajstić information content (AvgIpc) is 2.67. The quantitative estimate of drug-likeness (QED) is 0.701. The zero-order valence-corrected chi connectivity index (χ0v) is 15.3. The van der Waals surface area contributed by atoms with Crippen LogP contribution in [0.15, 0.2) is 65.5 Å². The lowest BCUT2D eigenvalue weighted by molar-refractivity contribution is 0.0521. The predicted octanol–water partition coefficient (Wildman–Crippen LogP) is 3.75. The molecule has 3 rings (SSSR count). The monoisotopic (exact) mass is 363 g/mol. The molecule has 3 aromatic rings.